The molecule has 0 spiro atoms. The van der Waals surface area contributed by atoms with Crippen molar-refractivity contribution in [3.8, 4) is 0 Å². The van der Waals surface area contributed by atoms with Gasteiger partial charge in [-0.25, -0.2) is 4.68 Å². The Hall–Kier alpha value is -1.56. The molecule has 1 aliphatic rings. The van der Waals surface area contributed by atoms with Crippen molar-refractivity contribution >= 4 is 11.6 Å². The summed E-state index contributed by atoms with van der Waals surface area (Å²) >= 11 is 0. The number of aryl methyl sites for hydroxylation is 1. The molecule has 0 unspecified atom stereocenters. The Balaban J connectivity index is 2.34. The predicted octanol–water partition coefficient (Wildman–Crippen LogP) is 0.325. The Bertz CT molecular complexity index is 459. The maximum atomic E-state index is 11.5. The lowest BCUT2D eigenvalue weighted by Gasteiger charge is -2.29. The van der Waals surface area contributed by atoms with Crippen LogP contribution in [0, 0.1) is 0 Å². The summed E-state index contributed by atoms with van der Waals surface area (Å²) in [5.41, 5.74) is 12.9. The summed E-state index contributed by atoms with van der Waals surface area (Å²) in [6, 6.07) is 0. The maximum absolute atomic E-state index is 11.5. The minimum Gasteiger partial charge on any atom is -0.395 e. The molecule has 2 rings (SSSR count). The van der Waals surface area contributed by atoms with Crippen LogP contribution in [0.15, 0.2) is 0 Å². The van der Waals surface area contributed by atoms with Gasteiger partial charge in [-0.1, -0.05) is 6.92 Å². The quantitative estimate of drug-likeness (QED) is 0.757. The van der Waals surface area contributed by atoms with Crippen LogP contribution >= 0.6 is 0 Å². The highest BCUT2D eigenvalue weighted by atomic mass is 16.1. The number of rotatable bonds is 4. The van der Waals surface area contributed by atoms with Gasteiger partial charge in [-0.3, -0.25) is 4.79 Å². The highest BCUT2D eigenvalue weighted by Crippen LogP contribution is 2.22. The number of hydrogen-bond acceptors (Lipinski definition) is 3. The lowest BCUT2D eigenvalue weighted by Crippen LogP contribution is -2.43. The Morgan fingerprint density at radius 1 is 1.44 bits per heavy atom. The van der Waals surface area contributed by atoms with E-state index in [1.54, 1.807) is 4.68 Å². The van der Waals surface area contributed by atoms with Gasteiger partial charge in [0.05, 0.1) is 31.5 Å². The smallest absolute Gasteiger partial charge is 0.269 e. The fourth-order valence-corrected chi connectivity index (χ4v) is 2.71. The van der Waals surface area contributed by atoms with Gasteiger partial charge in [-0.2, -0.15) is 5.10 Å². The van der Waals surface area contributed by atoms with Crippen molar-refractivity contribution in [2.24, 2.45) is 5.73 Å². The minimum atomic E-state index is -0.495. The number of amides is 1. The zero-order valence-corrected chi connectivity index (χ0v) is 11.1. The largest absolute Gasteiger partial charge is 0.395 e. The molecule has 1 fully saturated rings. The van der Waals surface area contributed by atoms with Crippen LogP contribution < -0.4 is 11.5 Å². The number of anilines is 1. The van der Waals surface area contributed by atoms with Gasteiger partial charge in [0.25, 0.3) is 5.91 Å². The molecule has 0 bridgehead atoms. The molecule has 0 aromatic carbocycles. The van der Waals surface area contributed by atoms with E-state index in [-0.39, 0.29) is 0 Å². The van der Waals surface area contributed by atoms with Gasteiger partial charge in [0.1, 0.15) is 0 Å². The van der Waals surface area contributed by atoms with E-state index >= 15 is 0 Å². The molecule has 0 aliphatic carbocycles. The van der Waals surface area contributed by atoms with E-state index in [4.69, 9.17) is 11.5 Å². The number of aromatic nitrogens is 2. The van der Waals surface area contributed by atoms with Gasteiger partial charge >= 0.3 is 0 Å². The van der Waals surface area contributed by atoms with E-state index < -0.39 is 5.91 Å². The zero-order valence-electron chi connectivity index (χ0n) is 11.1. The minimum absolute atomic E-state index is 0.359. The summed E-state index contributed by atoms with van der Waals surface area (Å²) in [6.07, 6.45) is 3.16. The number of hydrogen-bond donors (Lipinski definition) is 2. The van der Waals surface area contributed by atoms with E-state index in [2.05, 4.69) is 12.1 Å². The molecule has 0 atom stereocenters. The van der Waals surface area contributed by atoms with Crippen LogP contribution in [0.1, 0.15) is 35.9 Å². The highest BCUT2D eigenvalue weighted by Gasteiger charge is 2.30. The van der Waals surface area contributed by atoms with Crippen LogP contribution in [-0.4, -0.2) is 40.3 Å². The van der Waals surface area contributed by atoms with Crippen molar-refractivity contribution in [3.05, 3.63) is 11.4 Å². The van der Waals surface area contributed by atoms with Crippen LogP contribution in [0.2, 0.25) is 0 Å². The lowest BCUT2D eigenvalue weighted by atomic mass is 10.2. The second-order valence-corrected chi connectivity index (χ2v) is 5.34. The van der Waals surface area contributed by atoms with E-state index in [0.717, 1.165) is 23.3 Å². The normalized spacial score (nSPS) is 18.1. The molecular formula is C12H22N5O+. The summed E-state index contributed by atoms with van der Waals surface area (Å²) in [7, 11) is 2.18. The van der Waals surface area contributed by atoms with Gasteiger partial charge in [0.2, 0.25) is 0 Å². The molecule has 18 heavy (non-hydrogen) atoms. The van der Waals surface area contributed by atoms with Gasteiger partial charge in [0, 0.05) is 12.8 Å². The number of carbonyl (C=O) groups excluding carboxylic acids is 1. The van der Waals surface area contributed by atoms with Crippen molar-refractivity contribution in [2.45, 2.75) is 32.9 Å². The standard InChI is InChI=1S/C12H21N5O/c1-3-9-10(13)11(12(14)18)16(15-9)8-17(2)6-4-5-7-17/h3-8H2,1-2H3,(H3-,13,14,18)/p+1. The summed E-state index contributed by atoms with van der Waals surface area (Å²) in [6.45, 7) is 4.86. The van der Waals surface area contributed by atoms with E-state index in [1.165, 1.54) is 12.8 Å². The van der Waals surface area contributed by atoms with Crippen LogP contribution in [0.5, 0.6) is 0 Å². The number of nitrogens with zero attached hydrogens (tertiary/aromatic N) is 3. The van der Waals surface area contributed by atoms with Crippen molar-refractivity contribution in [1.82, 2.24) is 9.78 Å². The zero-order chi connectivity index (χ0) is 13.3. The topological polar surface area (TPSA) is 86.9 Å². The average Bonchev–Trinajstić information content (AvgIpc) is 2.83. The monoisotopic (exact) mass is 252 g/mol. The fourth-order valence-electron chi connectivity index (χ4n) is 2.71. The van der Waals surface area contributed by atoms with E-state index in [1.807, 2.05) is 6.92 Å². The molecule has 1 aromatic heterocycles. The van der Waals surface area contributed by atoms with Gasteiger partial charge in [0.15, 0.2) is 12.4 Å². The van der Waals surface area contributed by atoms with Crippen molar-refractivity contribution in [1.29, 1.82) is 0 Å². The average molecular weight is 252 g/mol. The lowest BCUT2D eigenvalue weighted by molar-refractivity contribution is -0.920. The summed E-state index contributed by atoms with van der Waals surface area (Å²) in [5, 5.41) is 4.43. The van der Waals surface area contributed by atoms with E-state index in [9.17, 15) is 4.79 Å². The molecule has 2 heterocycles. The first-order chi connectivity index (χ1) is 8.47. The first-order valence-corrected chi connectivity index (χ1v) is 6.45. The molecule has 100 valence electrons. The Labute approximate surface area is 107 Å². The van der Waals surface area contributed by atoms with Crippen molar-refractivity contribution in [2.75, 3.05) is 25.9 Å². The second kappa shape index (κ2) is 4.61. The molecule has 0 saturated carbocycles. The first-order valence-electron chi connectivity index (χ1n) is 6.45. The van der Waals surface area contributed by atoms with Crippen LogP contribution in [0.25, 0.3) is 0 Å². The molecular weight excluding hydrogens is 230 g/mol. The Morgan fingerprint density at radius 3 is 2.56 bits per heavy atom. The molecule has 1 amide bonds. The number of primary amides is 1. The molecule has 4 N–H and O–H groups in total. The molecule has 6 heteroatoms. The first kappa shape index (κ1) is 12.9. The number of nitrogen functional groups attached to an aromatic ring is 1. The van der Waals surface area contributed by atoms with Gasteiger partial charge < -0.3 is 16.0 Å². The summed E-state index contributed by atoms with van der Waals surface area (Å²) in [5.74, 6) is -0.495. The fraction of sp³-hybridized carbons (Fsp3) is 0.667. The van der Waals surface area contributed by atoms with Gasteiger partial charge in [-0.15, -0.1) is 0 Å². The third-order valence-electron chi connectivity index (χ3n) is 3.76. The number of carbonyl (C=O) groups is 1. The van der Waals surface area contributed by atoms with Crippen molar-refractivity contribution < 1.29 is 9.28 Å². The molecule has 1 saturated heterocycles. The van der Waals surface area contributed by atoms with E-state index in [0.29, 0.717) is 24.5 Å². The number of likely N-dealkylation sites (tertiary alicyclic amines) is 1. The molecule has 1 aliphatic heterocycles. The SMILES string of the molecule is CCc1nn(C[N+]2(C)CCCC2)c(C(N)=O)c1N. The Morgan fingerprint density at radius 2 is 2.06 bits per heavy atom. The predicted molar refractivity (Wildman–Crippen MR) is 69.7 cm³/mol. The summed E-state index contributed by atoms with van der Waals surface area (Å²) < 4.78 is 2.59. The summed E-state index contributed by atoms with van der Waals surface area (Å²) in [4.78, 5) is 11.5. The molecule has 6 nitrogen and oxygen atoms in total. The molecule has 0 radical (unpaired) electrons. The van der Waals surface area contributed by atoms with Crippen LogP contribution in [-0.2, 0) is 13.1 Å². The number of nitrogens with two attached hydrogens (primary N) is 2. The third-order valence-corrected chi connectivity index (χ3v) is 3.76. The number of quaternary nitrogens is 1. The van der Waals surface area contributed by atoms with Gasteiger partial charge in [-0.05, 0) is 6.42 Å². The van der Waals surface area contributed by atoms with Crippen LogP contribution in [0.3, 0.4) is 0 Å². The van der Waals surface area contributed by atoms with Crippen LogP contribution in [0.4, 0.5) is 5.69 Å². The molecule has 1 aromatic rings. The second-order valence-electron chi connectivity index (χ2n) is 5.34. The highest BCUT2D eigenvalue weighted by molar-refractivity contribution is 5.96. The Kier molecular flexibility index (Phi) is 3.30. The van der Waals surface area contributed by atoms with Crippen molar-refractivity contribution in [3.63, 3.8) is 0 Å². The maximum Gasteiger partial charge on any atom is 0.269 e. The third kappa shape index (κ3) is 2.20.